The first-order chi connectivity index (χ1) is 6.66. The van der Waals surface area contributed by atoms with E-state index >= 15 is 0 Å². The molecule has 5 heteroatoms. The minimum atomic E-state index is -0.205. The van der Waals surface area contributed by atoms with E-state index in [-0.39, 0.29) is 17.4 Å². The first-order valence-corrected chi connectivity index (χ1v) is 3.91. The van der Waals surface area contributed by atoms with Gasteiger partial charge in [0.15, 0.2) is 11.5 Å². The lowest BCUT2D eigenvalue weighted by atomic mass is 10.1. The third-order valence-corrected chi connectivity index (χ3v) is 1.80. The van der Waals surface area contributed by atoms with Crippen molar-refractivity contribution in [2.75, 3.05) is 5.73 Å². The van der Waals surface area contributed by atoms with Gasteiger partial charge in [0.05, 0.1) is 0 Å². The molecule has 5 nitrogen and oxygen atoms in total. The Morgan fingerprint density at radius 1 is 1.14 bits per heavy atom. The molecule has 0 aliphatic heterocycles. The highest BCUT2D eigenvalue weighted by Gasteiger charge is 2.06. The molecule has 0 fully saturated rings. The van der Waals surface area contributed by atoms with E-state index in [4.69, 9.17) is 10.8 Å². The van der Waals surface area contributed by atoms with Crippen molar-refractivity contribution in [3.63, 3.8) is 0 Å². The Morgan fingerprint density at radius 2 is 1.93 bits per heavy atom. The number of nitrogens with two attached hydrogens (primary N) is 1. The topological polar surface area (TPSA) is 92.5 Å². The van der Waals surface area contributed by atoms with E-state index in [1.165, 1.54) is 18.2 Å². The number of aromatic hydroxyl groups is 2. The fourth-order valence-electron chi connectivity index (χ4n) is 1.11. The number of phenolic OH excluding ortho intramolecular Hbond substituents is 2. The molecule has 72 valence electrons. The molecular weight excluding hydrogens is 184 g/mol. The minimum absolute atomic E-state index is 0.176. The fraction of sp³-hybridized carbons (Fsp3) is 0. The van der Waals surface area contributed by atoms with Crippen LogP contribution in [0.1, 0.15) is 0 Å². The second-order valence-electron chi connectivity index (χ2n) is 2.82. The van der Waals surface area contributed by atoms with Crippen molar-refractivity contribution in [1.82, 2.24) is 5.16 Å². The molecule has 0 atom stereocenters. The number of aromatic nitrogens is 1. The van der Waals surface area contributed by atoms with Crippen LogP contribution in [0, 0.1) is 0 Å². The summed E-state index contributed by atoms with van der Waals surface area (Å²) in [7, 11) is 0. The van der Waals surface area contributed by atoms with Crippen molar-refractivity contribution in [3.05, 3.63) is 24.3 Å². The average Bonchev–Trinajstić information content (AvgIpc) is 2.57. The number of phenols is 2. The Bertz CT molecular complexity index is 465. The van der Waals surface area contributed by atoms with E-state index < -0.39 is 0 Å². The molecule has 0 spiro atoms. The normalized spacial score (nSPS) is 10.3. The van der Waals surface area contributed by atoms with Crippen LogP contribution >= 0.6 is 0 Å². The van der Waals surface area contributed by atoms with Crippen LogP contribution in [0.5, 0.6) is 11.5 Å². The largest absolute Gasteiger partial charge is 0.504 e. The van der Waals surface area contributed by atoms with Gasteiger partial charge in [0, 0.05) is 11.6 Å². The molecule has 1 heterocycles. The molecule has 1 aromatic heterocycles. The molecule has 2 rings (SSSR count). The maximum absolute atomic E-state index is 9.23. The number of hydrogen-bond donors (Lipinski definition) is 3. The monoisotopic (exact) mass is 192 g/mol. The number of anilines is 1. The van der Waals surface area contributed by atoms with Gasteiger partial charge in [-0.3, -0.25) is 0 Å². The molecule has 14 heavy (non-hydrogen) atoms. The Balaban J connectivity index is 2.47. The molecule has 0 unspecified atom stereocenters. The van der Waals surface area contributed by atoms with Crippen LogP contribution in [0.3, 0.4) is 0 Å². The first-order valence-electron chi connectivity index (χ1n) is 3.91. The van der Waals surface area contributed by atoms with E-state index in [9.17, 15) is 5.11 Å². The summed E-state index contributed by atoms with van der Waals surface area (Å²) in [4.78, 5) is 0. The number of hydrogen-bond acceptors (Lipinski definition) is 5. The molecule has 0 aliphatic carbocycles. The molecule has 1 aromatic carbocycles. The van der Waals surface area contributed by atoms with Crippen LogP contribution < -0.4 is 5.73 Å². The molecule has 0 saturated heterocycles. The predicted molar refractivity (Wildman–Crippen MR) is 49.7 cm³/mol. The highest BCUT2D eigenvalue weighted by molar-refractivity contribution is 5.64. The SMILES string of the molecule is Nc1cc(-c2ccc(O)c(O)c2)no1. The van der Waals surface area contributed by atoms with Gasteiger partial charge in [-0.15, -0.1) is 0 Å². The van der Waals surface area contributed by atoms with Crippen LogP contribution in [-0.4, -0.2) is 15.4 Å². The van der Waals surface area contributed by atoms with Gasteiger partial charge in [-0.2, -0.15) is 0 Å². The van der Waals surface area contributed by atoms with Crippen molar-refractivity contribution < 1.29 is 14.7 Å². The van der Waals surface area contributed by atoms with Crippen molar-refractivity contribution in [2.24, 2.45) is 0 Å². The van der Waals surface area contributed by atoms with Crippen molar-refractivity contribution in [2.45, 2.75) is 0 Å². The van der Waals surface area contributed by atoms with Crippen LogP contribution in [0.15, 0.2) is 28.8 Å². The smallest absolute Gasteiger partial charge is 0.222 e. The predicted octanol–water partition coefficient (Wildman–Crippen LogP) is 1.33. The van der Waals surface area contributed by atoms with E-state index in [0.717, 1.165) is 0 Å². The summed E-state index contributed by atoms with van der Waals surface area (Å²) in [5.74, 6) is -0.179. The summed E-state index contributed by atoms with van der Waals surface area (Å²) in [6.07, 6.45) is 0. The Kier molecular flexibility index (Phi) is 1.78. The second-order valence-corrected chi connectivity index (χ2v) is 2.82. The molecule has 2 aromatic rings. The highest BCUT2D eigenvalue weighted by atomic mass is 16.5. The Labute approximate surface area is 79.4 Å². The van der Waals surface area contributed by atoms with Gasteiger partial charge in [0.1, 0.15) is 5.69 Å². The summed E-state index contributed by atoms with van der Waals surface area (Å²) in [6.45, 7) is 0. The van der Waals surface area contributed by atoms with Gasteiger partial charge in [0.2, 0.25) is 5.88 Å². The molecule has 0 aliphatic rings. The lowest BCUT2D eigenvalue weighted by Crippen LogP contribution is -1.78. The lowest BCUT2D eigenvalue weighted by Gasteiger charge is -1.98. The zero-order valence-electron chi connectivity index (χ0n) is 7.14. The summed E-state index contributed by atoms with van der Waals surface area (Å²) >= 11 is 0. The summed E-state index contributed by atoms with van der Waals surface area (Å²) in [6, 6.07) is 5.89. The number of nitrogen functional groups attached to an aromatic ring is 1. The zero-order valence-corrected chi connectivity index (χ0v) is 7.14. The molecule has 4 N–H and O–H groups in total. The van der Waals surface area contributed by atoms with Gasteiger partial charge < -0.3 is 20.5 Å². The van der Waals surface area contributed by atoms with E-state index in [2.05, 4.69) is 9.68 Å². The summed E-state index contributed by atoms with van der Waals surface area (Å²) in [5.41, 5.74) is 6.48. The van der Waals surface area contributed by atoms with E-state index in [0.29, 0.717) is 11.3 Å². The molecule has 0 bridgehead atoms. The zero-order chi connectivity index (χ0) is 10.1. The second kappa shape index (κ2) is 2.95. The number of nitrogens with zero attached hydrogens (tertiary/aromatic N) is 1. The van der Waals surface area contributed by atoms with Crippen molar-refractivity contribution in [3.8, 4) is 22.8 Å². The van der Waals surface area contributed by atoms with Crippen LogP contribution in [0.4, 0.5) is 5.88 Å². The minimum Gasteiger partial charge on any atom is -0.504 e. The highest BCUT2D eigenvalue weighted by Crippen LogP contribution is 2.30. The van der Waals surface area contributed by atoms with Crippen LogP contribution in [-0.2, 0) is 0 Å². The summed E-state index contributed by atoms with van der Waals surface area (Å²) < 4.78 is 4.67. The lowest BCUT2D eigenvalue weighted by molar-refractivity contribution is 0.404. The maximum Gasteiger partial charge on any atom is 0.222 e. The van der Waals surface area contributed by atoms with E-state index in [1.807, 2.05) is 0 Å². The van der Waals surface area contributed by atoms with Gasteiger partial charge in [-0.25, -0.2) is 0 Å². The maximum atomic E-state index is 9.23. The van der Waals surface area contributed by atoms with Gasteiger partial charge in [-0.1, -0.05) is 5.16 Å². The van der Waals surface area contributed by atoms with Crippen LogP contribution in [0.25, 0.3) is 11.3 Å². The molecule has 0 amide bonds. The standard InChI is InChI=1S/C9H8N2O3/c10-9-4-6(11-14-9)5-1-2-7(12)8(13)3-5/h1-4,12-13H,10H2. The third kappa shape index (κ3) is 1.35. The molecule has 0 radical (unpaired) electrons. The van der Waals surface area contributed by atoms with Crippen molar-refractivity contribution >= 4 is 5.88 Å². The molecule has 0 saturated carbocycles. The van der Waals surface area contributed by atoms with Gasteiger partial charge >= 0.3 is 0 Å². The fourth-order valence-corrected chi connectivity index (χ4v) is 1.11. The van der Waals surface area contributed by atoms with E-state index in [1.54, 1.807) is 6.07 Å². The average molecular weight is 192 g/mol. The number of rotatable bonds is 1. The van der Waals surface area contributed by atoms with Gasteiger partial charge in [0.25, 0.3) is 0 Å². The van der Waals surface area contributed by atoms with Gasteiger partial charge in [-0.05, 0) is 18.2 Å². The van der Waals surface area contributed by atoms with Crippen molar-refractivity contribution in [1.29, 1.82) is 0 Å². The molecular formula is C9H8N2O3. The first kappa shape index (κ1) is 8.43. The third-order valence-electron chi connectivity index (χ3n) is 1.80. The Morgan fingerprint density at radius 3 is 2.50 bits per heavy atom. The number of benzene rings is 1. The quantitative estimate of drug-likeness (QED) is 0.593. The Hall–Kier alpha value is -2.17. The van der Waals surface area contributed by atoms with Crippen LogP contribution in [0.2, 0.25) is 0 Å². The summed E-state index contributed by atoms with van der Waals surface area (Å²) in [5, 5.41) is 22.0.